The van der Waals surface area contributed by atoms with Crippen LogP contribution in [-0.4, -0.2) is 57.1 Å². The van der Waals surface area contributed by atoms with Crippen LogP contribution >= 0.6 is 0 Å². The summed E-state index contributed by atoms with van der Waals surface area (Å²) in [5, 5.41) is 16.1. The van der Waals surface area contributed by atoms with Crippen LogP contribution in [0.15, 0.2) is 29.3 Å². The summed E-state index contributed by atoms with van der Waals surface area (Å²) in [6, 6.07) is 7.35. The summed E-state index contributed by atoms with van der Waals surface area (Å²) in [6.45, 7) is 7.64. The minimum atomic E-state index is 0.308. The molecule has 1 aliphatic heterocycles. The van der Waals surface area contributed by atoms with Gasteiger partial charge in [-0.2, -0.15) is 0 Å². The Morgan fingerprint density at radius 3 is 3.08 bits per heavy atom. The van der Waals surface area contributed by atoms with Gasteiger partial charge < -0.3 is 25.2 Å². The highest BCUT2D eigenvalue weighted by molar-refractivity contribution is 5.79. The van der Waals surface area contributed by atoms with Gasteiger partial charge in [-0.15, -0.1) is 0 Å². The summed E-state index contributed by atoms with van der Waals surface area (Å²) in [7, 11) is 0. The molecule has 0 bridgehead atoms. The van der Waals surface area contributed by atoms with Crippen molar-refractivity contribution in [2.45, 2.75) is 26.2 Å². The Labute approximate surface area is 150 Å². The maximum atomic E-state index is 9.49. The fraction of sp³-hybridized carbons (Fsp3) is 0.632. The van der Waals surface area contributed by atoms with Crippen LogP contribution in [0, 0.1) is 5.92 Å². The van der Waals surface area contributed by atoms with E-state index < -0.39 is 0 Å². The SMILES string of the molecule is CCNC(=NCCCOCC1CCOC1)NCCc1cccc(O)c1. The van der Waals surface area contributed by atoms with Crippen molar-refractivity contribution in [3.05, 3.63) is 29.8 Å². The van der Waals surface area contributed by atoms with E-state index in [9.17, 15) is 5.11 Å². The highest BCUT2D eigenvalue weighted by Crippen LogP contribution is 2.12. The number of benzene rings is 1. The molecule has 0 spiro atoms. The van der Waals surface area contributed by atoms with Crippen LogP contribution in [0.3, 0.4) is 0 Å². The van der Waals surface area contributed by atoms with Crippen LogP contribution in [0.1, 0.15) is 25.3 Å². The number of hydrogen-bond acceptors (Lipinski definition) is 4. The van der Waals surface area contributed by atoms with Gasteiger partial charge in [0.2, 0.25) is 0 Å². The van der Waals surface area contributed by atoms with E-state index in [2.05, 4.69) is 22.5 Å². The Bertz CT molecular complexity index is 516. The maximum absolute atomic E-state index is 9.49. The van der Waals surface area contributed by atoms with Crippen molar-refractivity contribution < 1.29 is 14.6 Å². The first-order chi connectivity index (χ1) is 12.3. The molecule has 25 heavy (non-hydrogen) atoms. The molecular formula is C19H31N3O3. The number of rotatable bonds is 10. The number of hydrogen-bond donors (Lipinski definition) is 3. The molecule has 1 atom stereocenters. The summed E-state index contributed by atoms with van der Waals surface area (Å²) in [6.07, 6.45) is 2.87. The van der Waals surface area contributed by atoms with Crippen molar-refractivity contribution in [3.8, 4) is 5.75 Å². The van der Waals surface area contributed by atoms with Gasteiger partial charge >= 0.3 is 0 Å². The van der Waals surface area contributed by atoms with Gasteiger partial charge in [-0.3, -0.25) is 4.99 Å². The second-order valence-electron chi connectivity index (χ2n) is 6.27. The van der Waals surface area contributed by atoms with E-state index in [0.29, 0.717) is 11.7 Å². The number of guanidine groups is 1. The smallest absolute Gasteiger partial charge is 0.191 e. The summed E-state index contributed by atoms with van der Waals surface area (Å²) in [5.41, 5.74) is 1.10. The molecule has 1 unspecified atom stereocenters. The van der Waals surface area contributed by atoms with Crippen LogP contribution < -0.4 is 10.6 Å². The third-order valence-electron chi connectivity index (χ3n) is 4.06. The molecule has 1 heterocycles. The number of phenols is 1. The van der Waals surface area contributed by atoms with E-state index in [1.165, 1.54) is 0 Å². The van der Waals surface area contributed by atoms with E-state index in [4.69, 9.17) is 9.47 Å². The molecule has 6 nitrogen and oxygen atoms in total. The summed E-state index contributed by atoms with van der Waals surface area (Å²) >= 11 is 0. The fourth-order valence-electron chi connectivity index (χ4n) is 2.70. The zero-order valence-electron chi connectivity index (χ0n) is 15.2. The maximum Gasteiger partial charge on any atom is 0.191 e. The van der Waals surface area contributed by atoms with Crippen LogP contribution in [0.25, 0.3) is 0 Å². The van der Waals surface area contributed by atoms with Crippen molar-refractivity contribution in [1.29, 1.82) is 0 Å². The molecule has 0 amide bonds. The van der Waals surface area contributed by atoms with Gasteiger partial charge in [0.05, 0.1) is 13.2 Å². The molecule has 140 valence electrons. The van der Waals surface area contributed by atoms with Gasteiger partial charge in [0.25, 0.3) is 0 Å². The van der Waals surface area contributed by atoms with E-state index in [1.54, 1.807) is 12.1 Å². The first kappa shape index (κ1) is 19.5. The molecule has 0 aromatic heterocycles. The van der Waals surface area contributed by atoms with E-state index in [1.807, 2.05) is 12.1 Å². The van der Waals surface area contributed by atoms with Gasteiger partial charge in [-0.05, 0) is 43.9 Å². The zero-order valence-corrected chi connectivity index (χ0v) is 15.2. The lowest BCUT2D eigenvalue weighted by Gasteiger charge is -2.12. The highest BCUT2D eigenvalue weighted by atomic mass is 16.5. The Morgan fingerprint density at radius 2 is 2.32 bits per heavy atom. The molecule has 1 aliphatic rings. The topological polar surface area (TPSA) is 75.1 Å². The Hall–Kier alpha value is -1.79. The minimum Gasteiger partial charge on any atom is -0.508 e. The molecule has 0 radical (unpaired) electrons. The van der Waals surface area contributed by atoms with Gasteiger partial charge in [-0.1, -0.05) is 12.1 Å². The Balaban J connectivity index is 1.60. The highest BCUT2D eigenvalue weighted by Gasteiger charge is 2.15. The van der Waals surface area contributed by atoms with Gasteiger partial charge in [0.1, 0.15) is 5.75 Å². The zero-order chi connectivity index (χ0) is 17.7. The third-order valence-corrected chi connectivity index (χ3v) is 4.06. The van der Waals surface area contributed by atoms with E-state index >= 15 is 0 Å². The van der Waals surface area contributed by atoms with Crippen molar-refractivity contribution >= 4 is 5.96 Å². The molecule has 0 saturated carbocycles. The quantitative estimate of drug-likeness (QED) is 0.342. The summed E-state index contributed by atoms with van der Waals surface area (Å²) in [4.78, 5) is 4.57. The van der Waals surface area contributed by atoms with Crippen LogP contribution in [0.4, 0.5) is 0 Å². The monoisotopic (exact) mass is 349 g/mol. The number of nitrogens with zero attached hydrogens (tertiary/aromatic N) is 1. The molecule has 0 aliphatic carbocycles. The van der Waals surface area contributed by atoms with Gasteiger partial charge in [0, 0.05) is 38.8 Å². The molecule has 3 N–H and O–H groups in total. The first-order valence-electron chi connectivity index (χ1n) is 9.23. The molecule has 1 saturated heterocycles. The largest absolute Gasteiger partial charge is 0.508 e. The van der Waals surface area contributed by atoms with E-state index in [0.717, 1.165) is 76.8 Å². The predicted molar refractivity (Wildman–Crippen MR) is 100 cm³/mol. The second kappa shape index (κ2) is 11.7. The Kier molecular flexibility index (Phi) is 9.15. The third kappa shape index (κ3) is 8.23. The van der Waals surface area contributed by atoms with Gasteiger partial charge in [0.15, 0.2) is 5.96 Å². The lowest BCUT2D eigenvalue weighted by molar-refractivity contribution is 0.0893. The number of aromatic hydroxyl groups is 1. The van der Waals surface area contributed by atoms with Crippen molar-refractivity contribution in [2.24, 2.45) is 10.9 Å². The average molecular weight is 349 g/mol. The van der Waals surface area contributed by atoms with Crippen LogP contribution in [-0.2, 0) is 15.9 Å². The number of aliphatic imine (C=N–C) groups is 1. The van der Waals surface area contributed by atoms with Crippen molar-refractivity contribution in [2.75, 3.05) is 46.1 Å². The summed E-state index contributed by atoms with van der Waals surface area (Å²) < 4.78 is 11.0. The number of phenolic OH excluding ortho intramolecular Hbond substituents is 1. The molecule has 6 heteroatoms. The van der Waals surface area contributed by atoms with Crippen LogP contribution in [0.5, 0.6) is 5.75 Å². The van der Waals surface area contributed by atoms with E-state index in [-0.39, 0.29) is 0 Å². The Morgan fingerprint density at radius 1 is 1.40 bits per heavy atom. The van der Waals surface area contributed by atoms with Gasteiger partial charge in [-0.25, -0.2) is 0 Å². The normalized spacial score (nSPS) is 17.6. The average Bonchev–Trinajstić information content (AvgIpc) is 3.11. The summed E-state index contributed by atoms with van der Waals surface area (Å²) in [5.74, 6) is 1.70. The molecule has 1 aromatic rings. The molecule has 1 aromatic carbocycles. The van der Waals surface area contributed by atoms with Crippen LogP contribution in [0.2, 0.25) is 0 Å². The predicted octanol–water partition coefficient (Wildman–Crippen LogP) is 1.93. The van der Waals surface area contributed by atoms with Crippen molar-refractivity contribution in [3.63, 3.8) is 0 Å². The minimum absolute atomic E-state index is 0.308. The molecule has 1 fully saturated rings. The number of ether oxygens (including phenoxy) is 2. The number of nitrogens with one attached hydrogen (secondary N) is 2. The second-order valence-corrected chi connectivity index (χ2v) is 6.27. The molecular weight excluding hydrogens is 318 g/mol. The standard InChI is InChI=1S/C19H31N3O3/c1-2-20-19(22-10-7-16-5-3-6-18(23)13-16)21-9-4-11-24-14-17-8-12-25-15-17/h3,5-6,13,17,23H,2,4,7-12,14-15H2,1H3,(H2,20,21,22). The lowest BCUT2D eigenvalue weighted by Crippen LogP contribution is -2.38. The molecule has 2 rings (SSSR count). The first-order valence-corrected chi connectivity index (χ1v) is 9.23. The lowest BCUT2D eigenvalue weighted by atomic mass is 10.1. The fourth-order valence-corrected chi connectivity index (χ4v) is 2.70. The van der Waals surface area contributed by atoms with Crippen molar-refractivity contribution in [1.82, 2.24) is 10.6 Å².